The summed E-state index contributed by atoms with van der Waals surface area (Å²) in [6.07, 6.45) is 12.5. The smallest absolute Gasteiger partial charge is 0.425 e. The van der Waals surface area contributed by atoms with Crippen LogP contribution in [0.5, 0.6) is 5.75 Å². The molecule has 2 aromatic carbocycles. The van der Waals surface area contributed by atoms with Crippen molar-refractivity contribution in [3.05, 3.63) is 52.8 Å². The number of aryl methyl sites for hydroxylation is 1. The Morgan fingerprint density at radius 1 is 0.829 bits per heavy atom. The third-order valence-electron chi connectivity index (χ3n) is 8.14. The molecule has 1 aliphatic heterocycles. The lowest BCUT2D eigenvalue weighted by molar-refractivity contribution is -0.188. The lowest BCUT2D eigenvalue weighted by Gasteiger charge is -2.32. The Bertz CT molecular complexity index is 975. The van der Waals surface area contributed by atoms with Gasteiger partial charge in [0.15, 0.2) is 11.6 Å². The predicted molar refractivity (Wildman–Crippen MR) is 138 cm³/mol. The van der Waals surface area contributed by atoms with Crippen molar-refractivity contribution in [1.82, 2.24) is 0 Å². The first-order chi connectivity index (χ1) is 16.9. The van der Waals surface area contributed by atoms with Gasteiger partial charge in [0.05, 0.1) is 5.56 Å². The minimum absolute atomic E-state index is 0.127. The monoisotopic (exact) mass is 486 g/mol. The van der Waals surface area contributed by atoms with Crippen LogP contribution in [0.4, 0.5) is 13.2 Å². The molecule has 2 aromatic rings. The van der Waals surface area contributed by atoms with Crippen LogP contribution in [0.15, 0.2) is 30.3 Å². The molecule has 1 nitrogen and oxygen atoms in total. The highest BCUT2D eigenvalue weighted by Crippen LogP contribution is 2.50. The van der Waals surface area contributed by atoms with Gasteiger partial charge in [-0.25, -0.2) is 4.39 Å². The van der Waals surface area contributed by atoms with E-state index in [1.54, 1.807) is 24.3 Å². The van der Waals surface area contributed by atoms with E-state index < -0.39 is 11.9 Å². The largest absolute Gasteiger partial charge is 0.427 e. The quantitative estimate of drug-likeness (QED) is 0.287. The van der Waals surface area contributed by atoms with Gasteiger partial charge in [0.25, 0.3) is 0 Å². The van der Waals surface area contributed by atoms with E-state index in [4.69, 9.17) is 4.74 Å². The minimum Gasteiger partial charge on any atom is -0.425 e. The molecule has 0 aromatic heterocycles. The molecule has 4 rings (SSSR count). The van der Waals surface area contributed by atoms with Gasteiger partial charge < -0.3 is 4.74 Å². The molecule has 0 spiro atoms. The van der Waals surface area contributed by atoms with Gasteiger partial charge in [-0.1, -0.05) is 89.5 Å². The van der Waals surface area contributed by atoms with Crippen molar-refractivity contribution in [2.45, 2.75) is 116 Å². The first kappa shape index (κ1) is 26.1. The number of halogens is 3. The number of ether oxygens (including phenoxy) is 1. The van der Waals surface area contributed by atoms with E-state index in [1.807, 2.05) is 13.0 Å². The fourth-order valence-corrected chi connectivity index (χ4v) is 5.94. The molecule has 2 aliphatic rings. The Kier molecular flexibility index (Phi) is 8.83. The highest BCUT2D eigenvalue weighted by atomic mass is 19.3. The van der Waals surface area contributed by atoms with Gasteiger partial charge in [0.1, 0.15) is 0 Å². The molecule has 1 fully saturated rings. The van der Waals surface area contributed by atoms with Crippen LogP contribution in [0.1, 0.15) is 120 Å². The fraction of sp³-hybridized carbons (Fsp3) is 0.613. The maximum Gasteiger partial charge on any atom is 0.427 e. The van der Waals surface area contributed by atoms with Crippen molar-refractivity contribution in [1.29, 1.82) is 0 Å². The van der Waals surface area contributed by atoms with Crippen LogP contribution in [0.3, 0.4) is 0 Å². The number of hydrogen-bond acceptors (Lipinski definition) is 1. The number of unbranched alkanes of at least 4 members (excludes halogenated alkanes) is 6. The Balaban J connectivity index is 1.43. The third-order valence-corrected chi connectivity index (χ3v) is 8.14. The van der Waals surface area contributed by atoms with Gasteiger partial charge in [-0.3, -0.25) is 0 Å². The Hall–Kier alpha value is -1.97. The first-order valence-corrected chi connectivity index (χ1v) is 14.0. The second-order valence-electron chi connectivity index (χ2n) is 10.7. The van der Waals surface area contributed by atoms with Crippen LogP contribution in [0, 0.1) is 11.7 Å². The average molecular weight is 487 g/mol. The summed E-state index contributed by atoms with van der Waals surface area (Å²) in [6.45, 7) is 4.27. The van der Waals surface area contributed by atoms with E-state index in [9.17, 15) is 0 Å². The first-order valence-electron chi connectivity index (χ1n) is 14.0. The maximum absolute atomic E-state index is 15.1. The van der Waals surface area contributed by atoms with Crippen LogP contribution >= 0.6 is 0 Å². The molecule has 192 valence electrons. The molecule has 0 amide bonds. The van der Waals surface area contributed by atoms with Crippen molar-refractivity contribution in [3.8, 4) is 16.9 Å². The van der Waals surface area contributed by atoms with Gasteiger partial charge in [-0.2, -0.15) is 8.78 Å². The molecule has 0 unspecified atom stereocenters. The molecule has 1 aliphatic carbocycles. The molecule has 35 heavy (non-hydrogen) atoms. The molecule has 0 atom stereocenters. The standard InChI is InChI=1S/C31H41F3O/c1-3-5-7-8-9-10-11-22-13-15-23(16-14-22)25-18-19-26-27-20-17-24(12-6-4-2)29(32)30(27)35-31(33,34)28(26)21-25/h17-23H,3-16H2,1-2H3. The summed E-state index contributed by atoms with van der Waals surface area (Å²) in [7, 11) is 0. The summed E-state index contributed by atoms with van der Waals surface area (Å²) in [5, 5.41) is 0. The van der Waals surface area contributed by atoms with Crippen molar-refractivity contribution in [2.24, 2.45) is 5.92 Å². The average Bonchev–Trinajstić information content (AvgIpc) is 2.86. The van der Waals surface area contributed by atoms with Crippen LogP contribution in [0.25, 0.3) is 11.1 Å². The van der Waals surface area contributed by atoms with E-state index in [-0.39, 0.29) is 11.3 Å². The zero-order chi connectivity index (χ0) is 24.8. The molecule has 4 heteroatoms. The molecule has 0 saturated heterocycles. The topological polar surface area (TPSA) is 9.23 Å². The summed E-state index contributed by atoms with van der Waals surface area (Å²) in [4.78, 5) is 0. The number of rotatable bonds is 11. The second kappa shape index (κ2) is 11.8. The molecular weight excluding hydrogens is 445 g/mol. The molecule has 0 N–H and O–H groups in total. The molecule has 1 saturated carbocycles. The Morgan fingerprint density at radius 2 is 1.51 bits per heavy atom. The lowest BCUT2D eigenvalue weighted by atomic mass is 9.76. The number of alkyl halides is 2. The van der Waals surface area contributed by atoms with E-state index >= 15 is 13.2 Å². The summed E-state index contributed by atoms with van der Waals surface area (Å²) in [5.41, 5.74) is 2.10. The van der Waals surface area contributed by atoms with Crippen LogP contribution in [0.2, 0.25) is 0 Å². The van der Waals surface area contributed by atoms with Crippen molar-refractivity contribution >= 4 is 0 Å². The number of benzene rings is 2. The maximum atomic E-state index is 15.1. The SMILES string of the molecule is CCCCCCCCC1CCC(c2ccc3c(c2)C(F)(F)Oc2c-3ccc(CCCC)c2F)CC1. The Labute approximate surface area is 209 Å². The fourth-order valence-electron chi connectivity index (χ4n) is 5.94. The highest BCUT2D eigenvalue weighted by molar-refractivity contribution is 5.77. The van der Waals surface area contributed by atoms with Crippen LogP contribution < -0.4 is 4.74 Å². The number of fused-ring (bicyclic) bond motifs is 3. The summed E-state index contributed by atoms with van der Waals surface area (Å²) in [5.74, 6) is 0.135. The van der Waals surface area contributed by atoms with Crippen molar-refractivity contribution in [3.63, 3.8) is 0 Å². The van der Waals surface area contributed by atoms with Crippen LogP contribution in [-0.4, -0.2) is 0 Å². The van der Waals surface area contributed by atoms with Gasteiger partial charge in [0.2, 0.25) is 0 Å². The molecule has 0 radical (unpaired) electrons. The Morgan fingerprint density at radius 3 is 2.26 bits per heavy atom. The van der Waals surface area contributed by atoms with Gasteiger partial charge in [-0.05, 0) is 73.1 Å². The lowest BCUT2D eigenvalue weighted by Crippen LogP contribution is -2.28. The van der Waals surface area contributed by atoms with Crippen molar-refractivity contribution < 1.29 is 17.9 Å². The molecule has 0 bridgehead atoms. The normalized spacial score (nSPS) is 20.7. The minimum atomic E-state index is -3.53. The van der Waals surface area contributed by atoms with Crippen molar-refractivity contribution in [2.75, 3.05) is 0 Å². The highest BCUT2D eigenvalue weighted by Gasteiger charge is 2.44. The van der Waals surface area contributed by atoms with E-state index in [0.717, 1.165) is 37.2 Å². The van der Waals surface area contributed by atoms with Gasteiger partial charge in [0, 0.05) is 5.56 Å². The summed E-state index contributed by atoms with van der Waals surface area (Å²) >= 11 is 0. The van der Waals surface area contributed by atoms with Gasteiger partial charge in [-0.15, -0.1) is 0 Å². The van der Waals surface area contributed by atoms with E-state index in [0.29, 0.717) is 29.0 Å². The van der Waals surface area contributed by atoms with Crippen LogP contribution in [-0.2, 0) is 12.5 Å². The van der Waals surface area contributed by atoms with E-state index in [2.05, 4.69) is 6.92 Å². The zero-order valence-corrected chi connectivity index (χ0v) is 21.5. The molecule has 1 heterocycles. The van der Waals surface area contributed by atoms with Gasteiger partial charge >= 0.3 is 6.11 Å². The summed E-state index contributed by atoms with van der Waals surface area (Å²) in [6, 6.07) is 8.82. The predicted octanol–water partition coefficient (Wildman–Crippen LogP) is 10.3. The number of hydrogen-bond donors (Lipinski definition) is 0. The summed E-state index contributed by atoms with van der Waals surface area (Å²) < 4.78 is 50.3. The third kappa shape index (κ3) is 6.06. The van der Waals surface area contributed by atoms with E-state index in [1.165, 1.54) is 57.8 Å². The zero-order valence-electron chi connectivity index (χ0n) is 21.5. The second-order valence-corrected chi connectivity index (χ2v) is 10.7. The molecular formula is C31H41F3O.